The molecule has 1 aliphatic heterocycles. The summed E-state index contributed by atoms with van der Waals surface area (Å²) in [5.74, 6) is 0. The van der Waals surface area contributed by atoms with Crippen molar-refractivity contribution >= 4 is 27.3 Å². The molecular formula is C11H14BrN3S. The van der Waals surface area contributed by atoms with Crippen LogP contribution in [0.1, 0.15) is 10.9 Å². The second-order valence-electron chi connectivity index (χ2n) is 4.00. The maximum absolute atomic E-state index is 9.32. The van der Waals surface area contributed by atoms with Crippen LogP contribution >= 0.6 is 27.3 Å². The molecule has 1 saturated heterocycles. The first-order valence-electron chi connectivity index (χ1n) is 5.27. The van der Waals surface area contributed by atoms with Gasteiger partial charge >= 0.3 is 0 Å². The average molecular weight is 300 g/mol. The van der Waals surface area contributed by atoms with Crippen LogP contribution in [0.4, 0.5) is 0 Å². The molecule has 3 nitrogen and oxygen atoms in total. The van der Waals surface area contributed by atoms with E-state index in [1.54, 1.807) is 11.3 Å². The Balaban J connectivity index is 2.12. The zero-order chi connectivity index (χ0) is 11.5. The third-order valence-electron chi connectivity index (χ3n) is 2.92. The van der Waals surface area contributed by atoms with Crippen molar-refractivity contribution in [3.63, 3.8) is 0 Å². The molecule has 86 valence electrons. The van der Waals surface area contributed by atoms with Crippen LogP contribution in [0.25, 0.3) is 0 Å². The van der Waals surface area contributed by atoms with Gasteiger partial charge in [-0.2, -0.15) is 5.26 Å². The predicted molar refractivity (Wildman–Crippen MR) is 69.4 cm³/mol. The van der Waals surface area contributed by atoms with Gasteiger partial charge in [-0.1, -0.05) is 0 Å². The van der Waals surface area contributed by atoms with Crippen LogP contribution in [-0.2, 0) is 0 Å². The van der Waals surface area contributed by atoms with Gasteiger partial charge in [0, 0.05) is 30.7 Å². The SMILES string of the molecule is CN1CCN(C(C#N)c2sccc2Br)CC1. The minimum absolute atomic E-state index is 0.0944. The minimum atomic E-state index is -0.0944. The summed E-state index contributed by atoms with van der Waals surface area (Å²) in [6.45, 7) is 4.03. The number of piperazine rings is 1. The van der Waals surface area contributed by atoms with Gasteiger partial charge in [-0.3, -0.25) is 4.90 Å². The number of likely N-dealkylation sites (N-methyl/N-ethyl adjacent to an activating group) is 1. The fourth-order valence-electron chi connectivity index (χ4n) is 1.89. The molecule has 0 N–H and O–H groups in total. The Bertz CT molecular complexity index is 390. The lowest BCUT2D eigenvalue weighted by molar-refractivity contribution is 0.134. The summed E-state index contributed by atoms with van der Waals surface area (Å²) in [6, 6.07) is 4.34. The van der Waals surface area contributed by atoms with Gasteiger partial charge in [-0.05, 0) is 34.4 Å². The van der Waals surface area contributed by atoms with Crippen molar-refractivity contribution in [3.8, 4) is 6.07 Å². The van der Waals surface area contributed by atoms with Gasteiger partial charge in [-0.15, -0.1) is 11.3 Å². The lowest BCUT2D eigenvalue weighted by Crippen LogP contribution is -2.45. The molecule has 1 unspecified atom stereocenters. The quantitative estimate of drug-likeness (QED) is 0.840. The molecule has 2 rings (SSSR count). The lowest BCUT2D eigenvalue weighted by Gasteiger charge is -2.34. The van der Waals surface area contributed by atoms with E-state index in [-0.39, 0.29) is 6.04 Å². The predicted octanol–water partition coefficient (Wildman–Crippen LogP) is 2.32. The summed E-state index contributed by atoms with van der Waals surface area (Å²) in [7, 11) is 2.12. The largest absolute Gasteiger partial charge is 0.304 e. The first-order valence-corrected chi connectivity index (χ1v) is 6.94. The highest BCUT2D eigenvalue weighted by Gasteiger charge is 2.25. The maximum Gasteiger partial charge on any atom is 0.134 e. The van der Waals surface area contributed by atoms with Gasteiger partial charge < -0.3 is 4.90 Å². The van der Waals surface area contributed by atoms with Crippen LogP contribution < -0.4 is 0 Å². The fourth-order valence-corrected chi connectivity index (χ4v) is 3.55. The van der Waals surface area contributed by atoms with Crippen LogP contribution in [-0.4, -0.2) is 43.0 Å². The van der Waals surface area contributed by atoms with E-state index in [1.165, 1.54) is 0 Å². The fraction of sp³-hybridized carbons (Fsp3) is 0.545. The molecule has 0 amide bonds. The van der Waals surface area contributed by atoms with Crippen LogP contribution in [0.2, 0.25) is 0 Å². The van der Waals surface area contributed by atoms with Crippen LogP contribution in [0.3, 0.4) is 0 Å². The third-order valence-corrected chi connectivity index (χ3v) is 4.84. The van der Waals surface area contributed by atoms with Crippen molar-refractivity contribution in [2.75, 3.05) is 33.2 Å². The molecule has 0 spiro atoms. The Kier molecular flexibility index (Phi) is 3.98. The summed E-state index contributed by atoms with van der Waals surface area (Å²) in [6.07, 6.45) is 0. The number of hydrogen-bond donors (Lipinski definition) is 0. The summed E-state index contributed by atoms with van der Waals surface area (Å²) in [5, 5.41) is 11.3. The standard InChI is InChI=1S/C11H14BrN3S/c1-14-3-5-15(6-4-14)10(8-13)11-9(12)2-7-16-11/h2,7,10H,3-6H2,1H3. The second kappa shape index (κ2) is 5.28. The van der Waals surface area contributed by atoms with E-state index in [2.05, 4.69) is 38.8 Å². The van der Waals surface area contributed by atoms with E-state index < -0.39 is 0 Å². The molecule has 1 aliphatic rings. The van der Waals surface area contributed by atoms with E-state index in [4.69, 9.17) is 0 Å². The Hall–Kier alpha value is -0.410. The van der Waals surface area contributed by atoms with Gasteiger partial charge in [0.25, 0.3) is 0 Å². The average Bonchev–Trinajstić information content (AvgIpc) is 2.69. The zero-order valence-corrected chi connectivity index (χ0v) is 11.6. The van der Waals surface area contributed by atoms with Gasteiger partial charge in [0.1, 0.15) is 6.04 Å². The minimum Gasteiger partial charge on any atom is -0.304 e. The van der Waals surface area contributed by atoms with Crippen molar-refractivity contribution in [3.05, 3.63) is 20.8 Å². The van der Waals surface area contributed by atoms with Crippen molar-refractivity contribution in [1.29, 1.82) is 5.26 Å². The number of nitrogens with zero attached hydrogens (tertiary/aromatic N) is 3. The molecule has 5 heteroatoms. The first kappa shape index (κ1) is 12.1. The van der Waals surface area contributed by atoms with E-state index in [1.807, 2.05) is 11.4 Å². The lowest BCUT2D eigenvalue weighted by atomic mass is 10.2. The Morgan fingerprint density at radius 3 is 2.62 bits per heavy atom. The highest BCUT2D eigenvalue weighted by molar-refractivity contribution is 9.10. The van der Waals surface area contributed by atoms with E-state index in [0.29, 0.717) is 0 Å². The summed E-state index contributed by atoms with van der Waals surface area (Å²) < 4.78 is 1.06. The van der Waals surface area contributed by atoms with E-state index in [0.717, 1.165) is 35.5 Å². The topological polar surface area (TPSA) is 30.3 Å². The number of thiophene rings is 1. The van der Waals surface area contributed by atoms with Gasteiger partial charge in [-0.25, -0.2) is 0 Å². The smallest absolute Gasteiger partial charge is 0.134 e. The number of hydrogen-bond acceptors (Lipinski definition) is 4. The van der Waals surface area contributed by atoms with Crippen molar-refractivity contribution < 1.29 is 0 Å². The molecular weight excluding hydrogens is 286 g/mol. The molecule has 0 saturated carbocycles. The van der Waals surface area contributed by atoms with E-state index in [9.17, 15) is 5.26 Å². The van der Waals surface area contributed by atoms with Crippen LogP contribution in [0.5, 0.6) is 0 Å². The van der Waals surface area contributed by atoms with Crippen molar-refractivity contribution in [1.82, 2.24) is 9.80 Å². The van der Waals surface area contributed by atoms with Crippen molar-refractivity contribution in [2.24, 2.45) is 0 Å². The molecule has 0 radical (unpaired) electrons. The molecule has 16 heavy (non-hydrogen) atoms. The number of rotatable bonds is 2. The molecule has 1 fully saturated rings. The summed E-state index contributed by atoms with van der Waals surface area (Å²) >= 11 is 5.16. The monoisotopic (exact) mass is 299 g/mol. The molecule has 1 atom stereocenters. The zero-order valence-electron chi connectivity index (χ0n) is 9.19. The Morgan fingerprint density at radius 2 is 2.12 bits per heavy atom. The van der Waals surface area contributed by atoms with Crippen LogP contribution in [0.15, 0.2) is 15.9 Å². The molecule has 1 aromatic heterocycles. The molecule has 1 aromatic rings. The highest BCUT2D eigenvalue weighted by Crippen LogP contribution is 2.32. The van der Waals surface area contributed by atoms with Crippen LogP contribution in [0, 0.1) is 11.3 Å². The van der Waals surface area contributed by atoms with E-state index >= 15 is 0 Å². The normalized spacial score (nSPS) is 20.6. The summed E-state index contributed by atoms with van der Waals surface area (Å²) in [5.41, 5.74) is 0. The number of halogens is 1. The van der Waals surface area contributed by atoms with Crippen molar-refractivity contribution in [2.45, 2.75) is 6.04 Å². The third kappa shape index (κ3) is 2.46. The molecule has 2 heterocycles. The number of nitriles is 1. The Labute approximate surface area is 108 Å². The first-order chi connectivity index (χ1) is 7.72. The van der Waals surface area contributed by atoms with Gasteiger partial charge in [0.2, 0.25) is 0 Å². The molecule has 0 aromatic carbocycles. The summed E-state index contributed by atoms with van der Waals surface area (Å²) in [4.78, 5) is 5.69. The van der Waals surface area contributed by atoms with Gasteiger partial charge in [0.15, 0.2) is 0 Å². The maximum atomic E-state index is 9.32. The van der Waals surface area contributed by atoms with Gasteiger partial charge in [0.05, 0.1) is 10.9 Å². The second-order valence-corrected chi connectivity index (χ2v) is 5.81. The highest BCUT2D eigenvalue weighted by atomic mass is 79.9. The Morgan fingerprint density at radius 1 is 1.44 bits per heavy atom. The molecule has 0 bridgehead atoms. The molecule has 0 aliphatic carbocycles.